The van der Waals surface area contributed by atoms with Gasteiger partial charge in [-0.15, -0.1) is 11.3 Å². The SMILES string of the molecule is O=C(CSc1nc2ccc(NC(=O)[C@H]3[C@@H](C(=O)O)[C@H]4C=C[C@H]3C4)cc2s1)c1ccccc1. The van der Waals surface area contributed by atoms with Crippen molar-refractivity contribution in [2.24, 2.45) is 23.7 Å². The van der Waals surface area contributed by atoms with Gasteiger partial charge in [-0.05, 0) is 36.5 Å². The van der Waals surface area contributed by atoms with E-state index in [2.05, 4.69) is 10.3 Å². The molecule has 0 saturated heterocycles. The van der Waals surface area contributed by atoms with E-state index < -0.39 is 17.8 Å². The van der Waals surface area contributed by atoms with Crippen LogP contribution in [-0.4, -0.2) is 33.5 Å². The second-order valence-electron chi connectivity index (χ2n) is 8.07. The number of nitrogens with zero attached hydrogens (tertiary/aromatic N) is 1. The zero-order valence-electron chi connectivity index (χ0n) is 16.9. The highest BCUT2D eigenvalue weighted by Crippen LogP contribution is 2.48. The molecule has 0 unspecified atom stereocenters. The molecule has 32 heavy (non-hydrogen) atoms. The smallest absolute Gasteiger partial charge is 0.307 e. The molecule has 1 heterocycles. The number of ketones is 1. The van der Waals surface area contributed by atoms with Gasteiger partial charge < -0.3 is 10.4 Å². The van der Waals surface area contributed by atoms with Crippen LogP contribution in [0.25, 0.3) is 10.2 Å². The topological polar surface area (TPSA) is 96.4 Å². The van der Waals surface area contributed by atoms with Crippen molar-refractivity contribution in [2.75, 3.05) is 11.1 Å². The number of hydrogen-bond acceptors (Lipinski definition) is 6. The van der Waals surface area contributed by atoms with Crippen LogP contribution in [0, 0.1) is 23.7 Å². The molecule has 3 aromatic rings. The number of allylic oxidation sites excluding steroid dienone is 2. The van der Waals surface area contributed by atoms with Crippen LogP contribution in [-0.2, 0) is 9.59 Å². The molecule has 1 amide bonds. The fourth-order valence-corrected chi connectivity index (χ4v) is 6.62. The number of hydrogen-bond donors (Lipinski definition) is 2. The van der Waals surface area contributed by atoms with Crippen molar-refractivity contribution in [1.29, 1.82) is 0 Å². The van der Waals surface area contributed by atoms with Crippen LogP contribution in [0.15, 0.2) is 65.0 Å². The van der Waals surface area contributed by atoms with E-state index in [1.807, 2.05) is 42.5 Å². The molecule has 1 saturated carbocycles. The number of Topliss-reactive ketones (excluding diaryl/α,β-unsaturated/α-hetero) is 1. The lowest BCUT2D eigenvalue weighted by Crippen LogP contribution is -2.36. The van der Waals surface area contributed by atoms with E-state index >= 15 is 0 Å². The van der Waals surface area contributed by atoms with E-state index in [0.717, 1.165) is 21.0 Å². The van der Waals surface area contributed by atoms with Crippen molar-refractivity contribution >= 4 is 56.7 Å². The third-order valence-corrected chi connectivity index (χ3v) is 8.27. The van der Waals surface area contributed by atoms with Gasteiger partial charge in [0.25, 0.3) is 0 Å². The second kappa shape index (κ2) is 8.52. The first-order valence-corrected chi connectivity index (χ1v) is 12.1. The van der Waals surface area contributed by atoms with Gasteiger partial charge in [-0.2, -0.15) is 0 Å². The monoisotopic (exact) mass is 464 g/mol. The molecule has 2 bridgehead atoms. The molecule has 2 aromatic carbocycles. The van der Waals surface area contributed by atoms with Crippen molar-refractivity contribution in [1.82, 2.24) is 4.98 Å². The standard InChI is InChI=1S/C24H20N2O4S2/c27-18(13-4-2-1-3-5-13)12-31-24-26-17-9-8-16(11-19(17)32-24)25-22(28)20-14-6-7-15(10-14)21(20)23(29)30/h1-9,11,14-15,20-21H,10,12H2,(H,25,28)(H,29,30)/t14-,15-,20+,21-/m0/s1. The number of aromatic nitrogens is 1. The van der Waals surface area contributed by atoms with E-state index in [0.29, 0.717) is 17.0 Å². The van der Waals surface area contributed by atoms with E-state index in [4.69, 9.17) is 0 Å². The molecule has 8 heteroatoms. The average Bonchev–Trinajstić information content (AvgIpc) is 3.51. The maximum Gasteiger partial charge on any atom is 0.307 e. The number of amides is 1. The van der Waals surface area contributed by atoms with Crippen LogP contribution in [0.3, 0.4) is 0 Å². The van der Waals surface area contributed by atoms with Crippen LogP contribution in [0.5, 0.6) is 0 Å². The quantitative estimate of drug-likeness (QED) is 0.298. The van der Waals surface area contributed by atoms with Crippen molar-refractivity contribution in [2.45, 2.75) is 10.8 Å². The highest BCUT2D eigenvalue weighted by atomic mass is 32.2. The van der Waals surface area contributed by atoms with Crippen molar-refractivity contribution in [3.63, 3.8) is 0 Å². The average molecular weight is 465 g/mol. The van der Waals surface area contributed by atoms with Crippen molar-refractivity contribution in [3.05, 3.63) is 66.2 Å². The molecule has 5 rings (SSSR count). The molecular weight excluding hydrogens is 444 g/mol. The Labute approximate surface area is 192 Å². The van der Waals surface area contributed by atoms with E-state index in [9.17, 15) is 19.5 Å². The van der Waals surface area contributed by atoms with E-state index in [-0.39, 0.29) is 23.5 Å². The summed E-state index contributed by atoms with van der Waals surface area (Å²) in [4.78, 5) is 41.5. The minimum absolute atomic E-state index is 0.0154. The molecule has 2 aliphatic carbocycles. The Bertz CT molecular complexity index is 1240. The number of anilines is 1. The van der Waals surface area contributed by atoms with Crippen molar-refractivity contribution in [3.8, 4) is 0 Å². The minimum Gasteiger partial charge on any atom is -0.481 e. The number of fused-ring (bicyclic) bond motifs is 3. The first kappa shape index (κ1) is 20.9. The Morgan fingerprint density at radius 1 is 1.06 bits per heavy atom. The lowest BCUT2D eigenvalue weighted by molar-refractivity contribution is -0.146. The number of nitrogens with one attached hydrogen (secondary N) is 1. The van der Waals surface area contributed by atoms with Gasteiger partial charge in [-0.3, -0.25) is 14.4 Å². The fraction of sp³-hybridized carbons (Fsp3) is 0.250. The molecule has 0 radical (unpaired) electrons. The third kappa shape index (κ3) is 3.96. The zero-order chi connectivity index (χ0) is 22.2. The van der Waals surface area contributed by atoms with Crippen LogP contribution in [0.2, 0.25) is 0 Å². The Balaban J connectivity index is 1.27. The number of carboxylic acid groups (broad SMARTS) is 1. The fourth-order valence-electron chi connectivity index (χ4n) is 4.62. The maximum absolute atomic E-state index is 12.9. The number of rotatable bonds is 7. The zero-order valence-corrected chi connectivity index (χ0v) is 18.6. The van der Waals surface area contributed by atoms with Gasteiger partial charge in [-0.25, -0.2) is 4.98 Å². The lowest BCUT2D eigenvalue weighted by Gasteiger charge is -2.23. The summed E-state index contributed by atoms with van der Waals surface area (Å²) in [6, 6.07) is 14.6. The minimum atomic E-state index is -0.911. The Morgan fingerprint density at radius 2 is 1.81 bits per heavy atom. The van der Waals surface area contributed by atoms with Gasteiger partial charge >= 0.3 is 5.97 Å². The van der Waals surface area contributed by atoms with Gasteiger partial charge in [0.15, 0.2) is 10.1 Å². The summed E-state index contributed by atoms with van der Waals surface area (Å²) in [6.07, 6.45) is 4.63. The summed E-state index contributed by atoms with van der Waals surface area (Å²) in [5.41, 5.74) is 2.11. The number of carbonyl (C=O) groups excluding carboxylic acids is 2. The Morgan fingerprint density at radius 3 is 2.56 bits per heavy atom. The molecule has 4 atom stereocenters. The Hall–Kier alpha value is -2.97. The van der Waals surface area contributed by atoms with Crippen LogP contribution >= 0.6 is 23.1 Å². The van der Waals surface area contributed by atoms with Crippen LogP contribution < -0.4 is 5.32 Å². The number of benzene rings is 2. The number of carboxylic acids is 1. The summed E-state index contributed by atoms with van der Waals surface area (Å²) >= 11 is 2.87. The van der Waals surface area contributed by atoms with E-state index in [1.54, 1.807) is 18.2 Å². The number of thioether (sulfide) groups is 1. The summed E-state index contributed by atoms with van der Waals surface area (Å²) in [6.45, 7) is 0. The highest BCUT2D eigenvalue weighted by molar-refractivity contribution is 8.01. The van der Waals surface area contributed by atoms with Gasteiger partial charge in [0, 0.05) is 11.3 Å². The summed E-state index contributed by atoms with van der Waals surface area (Å²) in [7, 11) is 0. The first-order chi connectivity index (χ1) is 15.5. The molecule has 6 nitrogen and oxygen atoms in total. The Kier molecular flexibility index (Phi) is 5.57. The summed E-state index contributed by atoms with van der Waals surface area (Å²) in [5, 5.41) is 12.5. The molecule has 1 aromatic heterocycles. The molecule has 1 fully saturated rings. The predicted molar refractivity (Wildman–Crippen MR) is 125 cm³/mol. The lowest BCUT2D eigenvalue weighted by atomic mass is 9.82. The third-order valence-electron chi connectivity index (χ3n) is 6.11. The maximum atomic E-state index is 12.9. The predicted octanol–water partition coefficient (Wildman–Crippen LogP) is 4.73. The van der Waals surface area contributed by atoms with Gasteiger partial charge in [-0.1, -0.05) is 54.2 Å². The van der Waals surface area contributed by atoms with Crippen LogP contribution in [0.4, 0.5) is 5.69 Å². The van der Waals surface area contributed by atoms with Gasteiger partial charge in [0.1, 0.15) is 0 Å². The molecular formula is C24H20N2O4S2. The molecule has 0 spiro atoms. The van der Waals surface area contributed by atoms with Gasteiger partial charge in [0.05, 0.1) is 27.8 Å². The first-order valence-electron chi connectivity index (χ1n) is 10.3. The molecule has 162 valence electrons. The van der Waals surface area contributed by atoms with Crippen molar-refractivity contribution < 1.29 is 19.5 Å². The van der Waals surface area contributed by atoms with Crippen LogP contribution in [0.1, 0.15) is 16.8 Å². The van der Waals surface area contributed by atoms with Gasteiger partial charge in [0.2, 0.25) is 5.91 Å². The molecule has 0 aliphatic heterocycles. The number of aliphatic carboxylic acids is 1. The summed E-state index contributed by atoms with van der Waals surface area (Å²) < 4.78 is 1.69. The number of thiazole rings is 1. The normalized spacial score (nSPS) is 23.5. The summed E-state index contributed by atoms with van der Waals surface area (Å²) in [5.74, 6) is -2.09. The highest BCUT2D eigenvalue weighted by Gasteiger charge is 2.51. The molecule has 2 N–H and O–H groups in total. The second-order valence-corrected chi connectivity index (χ2v) is 10.3. The molecule has 2 aliphatic rings. The largest absolute Gasteiger partial charge is 0.481 e. The van der Waals surface area contributed by atoms with E-state index in [1.165, 1.54) is 23.1 Å². The number of carbonyl (C=O) groups is 3.